The van der Waals surface area contributed by atoms with E-state index in [9.17, 15) is 4.79 Å². The quantitative estimate of drug-likeness (QED) is 0.377. The Bertz CT molecular complexity index is 1510. The number of rotatable bonds is 2. The van der Waals surface area contributed by atoms with Crippen LogP contribution in [-0.4, -0.2) is 22.5 Å². The van der Waals surface area contributed by atoms with Gasteiger partial charge < -0.3 is 4.98 Å². The summed E-state index contributed by atoms with van der Waals surface area (Å²) in [5.41, 5.74) is 7.55. The molecule has 0 amide bonds. The molecule has 32 heavy (non-hydrogen) atoms. The lowest BCUT2D eigenvalue weighted by Crippen LogP contribution is -2.11. The van der Waals surface area contributed by atoms with E-state index in [1.165, 1.54) is 33.6 Å². The van der Waals surface area contributed by atoms with Crippen LogP contribution in [0.5, 0.6) is 0 Å². The summed E-state index contributed by atoms with van der Waals surface area (Å²) in [6.07, 6.45) is 11.8. The Hall–Kier alpha value is -3.37. The summed E-state index contributed by atoms with van der Waals surface area (Å²) in [6.45, 7) is 0. The molecule has 1 aliphatic heterocycles. The summed E-state index contributed by atoms with van der Waals surface area (Å²) in [4.78, 5) is 22.4. The molecule has 2 aliphatic rings. The first kappa shape index (κ1) is 19.3. The summed E-state index contributed by atoms with van der Waals surface area (Å²) >= 11 is 0. The molecule has 0 spiro atoms. The molecule has 1 aliphatic carbocycles. The highest BCUT2D eigenvalue weighted by Crippen LogP contribution is 2.69. The van der Waals surface area contributed by atoms with Gasteiger partial charge in [0, 0.05) is 15.8 Å². The third-order valence-corrected chi connectivity index (χ3v) is 9.78. The summed E-state index contributed by atoms with van der Waals surface area (Å²) < 4.78 is 0. The van der Waals surface area contributed by atoms with Crippen molar-refractivity contribution in [1.82, 2.24) is 9.97 Å². The zero-order valence-electron chi connectivity index (χ0n) is 18.2. The first-order valence-electron chi connectivity index (χ1n) is 10.9. The summed E-state index contributed by atoms with van der Waals surface area (Å²) in [5.74, 6) is 0. The fraction of sp³-hybridized carbons (Fsp3) is 0.143. The number of aromatic nitrogens is 2. The number of nitrogens with one attached hydrogen (secondary N) is 1. The Morgan fingerprint density at radius 1 is 0.875 bits per heavy atom. The van der Waals surface area contributed by atoms with Gasteiger partial charge in [0.1, 0.15) is 0 Å². The first-order chi connectivity index (χ1) is 15.5. The molecule has 0 radical (unpaired) electrons. The zero-order valence-corrected chi connectivity index (χ0v) is 19.0. The third-order valence-electron chi connectivity index (χ3n) is 6.66. The summed E-state index contributed by atoms with van der Waals surface area (Å²) in [7, 11) is -1.01. The lowest BCUT2D eigenvalue weighted by Gasteiger charge is -2.33. The van der Waals surface area contributed by atoms with E-state index >= 15 is 0 Å². The summed E-state index contributed by atoms with van der Waals surface area (Å²) in [6, 6.07) is 23.1. The highest BCUT2D eigenvalue weighted by molar-refractivity contribution is 8.36. The van der Waals surface area contributed by atoms with Gasteiger partial charge in [-0.3, -0.25) is 0 Å². The van der Waals surface area contributed by atoms with E-state index in [2.05, 4.69) is 77.1 Å². The Balaban J connectivity index is 1.47. The standard InChI is InChI=1S/C28H24N2OS/c1-32(2)25-13-6-4-8-21(25)22-11-7-10-20(27(22)32)18-14-16-19(17-15-18)26-23-9-3-5-12-24(23)29-28(31)30-26/h3-5,7-12,14-17H,6,13H2,1-2H3,(H,29,30,31). The smallest absolute Gasteiger partial charge is 0.305 e. The second-order valence-electron chi connectivity index (χ2n) is 8.80. The molecule has 0 bridgehead atoms. The Kier molecular flexibility index (Phi) is 4.27. The predicted molar refractivity (Wildman–Crippen MR) is 136 cm³/mol. The molecule has 0 atom stereocenters. The number of hydrogen-bond donors (Lipinski definition) is 1. The van der Waals surface area contributed by atoms with Crippen LogP contribution in [0.15, 0.2) is 93.5 Å². The van der Waals surface area contributed by atoms with E-state index < -0.39 is 10.0 Å². The molecule has 0 saturated heterocycles. The largest absolute Gasteiger partial charge is 0.345 e. The predicted octanol–water partition coefficient (Wildman–Crippen LogP) is 6.75. The second kappa shape index (κ2) is 7.07. The topological polar surface area (TPSA) is 45.8 Å². The molecule has 1 aromatic heterocycles. The number of H-pyrrole nitrogens is 1. The number of para-hydroxylation sites is 1. The van der Waals surface area contributed by atoms with Gasteiger partial charge in [-0.15, -0.1) is 0 Å². The van der Waals surface area contributed by atoms with E-state index in [0.29, 0.717) is 0 Å². The number of fused-ring (bicyclic) bond motifs is 3. The zero-order chi connectivity index (χ0) is 21.9. The van der Waals surface area contributed by atoms with Crippen LogP contribution in [0, 0.1) is 0 Å². The van der Waals surface area contributed by atoms with E-state index in [0.717, 1.165) is 28.6 Å². The maximum Gasteiger partial charge on any atom is 0.345 e. The van der Waals surface area contributed by atoms with Crippen LogP contribution in [0.1, 0.15) is 18.4 Å². The number of hydrogen-bond acceptors (Lipinski definition) is 2. The van der Waals surface area contributed by atoms with Crippen LogP contribution in [0.2, 0.25) is 0 Å². The van der Waals surface area contributed by atoms with Crippen molar-refractivity contribution in [3.8, 4) is 22.4 Å². The molecule has 4 aromatic rings. The van der Waals surface area contributed by atoms with Gasteiger partial charge in [0.25, 0.3) is 0 Å². The van der Waals surface area contributed by atoms with Gasteiger partial charge in [0.2, 0.25) is 0 Å². The van der Waals surface area contributed by atoms with Crippen molar-refractivity contribution >= 4 is 26.5 Å². The fourth-order valence-corrected chi connectivity index (χ4v) is 8.26. The van der Waals surface area contributed by atoms with Crippen molar-refractivity contribution in [2.75, 3.05) is 12.5 Å². The van der Waals surface area contributed by atoms with E-state index in [-0.39, 0.29) is 5.69 Å². The van der Waals surface area contributed by atoms with Crippen LogP contribution in [0.25, 0.3) is 38.9 Å². The van der Waals surface area contributed by atoms with Gasteiger partial charge in [0.05, 0.1) is 11.2 Å². The molecule has 0 unspecified atom stereocenters. The molecule has 3 aromatic carbocycles. The monoisotopic (exact) mass is 436 g/mol. The Morgan fingerprint density at radius 2 is 1.62 bits per heavy atom. The second-order valence-corrected chi connectivity index (χ2v) is 12.4. The number of allylic oxidation sites excluding steroid dienone is 4. The SMILES string of the molecule is CS1(C)C2=C(C=CCC2)c2cccc(-c3ccc(-c4nc(=O)[nH]c5ccccc45)cc3)c21. The molecular formula is C28H24N2OS. The van der Waals surface area contributed by atoms with Gasteiger partial charge in [-0.05, 0) is 58.6 Å². The van der Waals surface area contributed by atoms with Gasteiger partial charge in [-0.2, -0.15) is 15.0 Å². The average Bonchev–Trinajstić information content (AvgIpc) is 3.06. The fourth-order valence-electron chi connectivity index (χ4n) is 5.19. The summed E-state index contributed by atoms with van der Waals surface area (Å²) in [5, 5.41) is 0.953. The molecule has 0 saturated carbocycles. The van der Waals surface area contributed by atoms with E-state index in [1.807, 2.05) is 24.3 Å². The molecule has 0 fully saturated rings. The maximum atomic E-state index is 12.1. The molecule has 3 nitrogen and oxygen atoms in total. The van der Waals surface area contributed by atoms with Crippen molar-refractivity contribution in [2.45, 2.75) is 17.7 Å². The minimum absolute atomic E-state index is 0.321. The maximum absolute atomic E-state index is 12.1. The minimum Gasteiger partial charge on any atom is -0.305 e. The Morgan fingerprint density at radius 3 is 2.47 bits per heavy atom. The van der Waals surface area contributed by atoms with Crippen LogP contribution >= 0.6 is 10.0 Å². The van der Waals surface area contributed by atoms with E-state index in [1.54, 1.807) is 4.91 Å². The van der Waals surface area contributed by atoms with Crippen molar-refractivity contribution in [1.29, 1.82) is 0 Å². The van der Waals surface area contributed by atoms with Gasteiger partial charge in [-0.1, -0.05) is 72.8 Å². The van der Waals surface area contributed by atoms with Crippen molar-refractivity contribution in [2.24, 2.45) is 0 Å². The first-order valence-corrected chi connectivity index (χ1v) is 13.4. The lowest BCUT2D eigenvalue weighted by molar-refractivity contribution is 1.02. The highest BCUT2D eigenvalue weighted by atomic mass is 32.3. The minimum atomic E-state index is -1.01. The average molecular weight is 437 g/mol. The molecule has 158 valence electrons. The normalized spacial score (nSPS) is 17.3. The number of benzene rings is 3. The molecule has 1 N–H and O–H groups in total. The molecule has 2 heterocycles. The molecule has 4 heteroatoms. The van der Waals surface area contributed by atoms with Crippen molar-refractivity contribution in [3.05, 3.63) is 99.8 Å². The van der Waals surface area contributed by atoms with Crippen LogP contribution < -0.4 is 5.69 Å². The van der Waals surface area contributed by atoms with Gasteiger partial charge in [0.15, 0.2) is 0 Å². The number of aromatic amines is 1. The number of nitrogens with zero attached hydrogens (tertiary/aromatic N) is 1. The lowest BCUT2D eigenvalue weighted by atomic mass is 9.95. The van der Waals surface area contributed by atoms with E-state index in [4.69, 9.17) is 0 Å². The molecular weight excluding hydrogens is 412 g/mol. The van der Waals surface area contributed by atoms with Gasteiger partial charge in [-0.25, -0.2) is 4.79 Å². The highest BCUT2D eigenvalue weighted by Gasteiger charge is 2.35. The molecule has 6 rings (SSSR count). The van der Waals surface area contributed by atoms with Crippen molar-refractivity contribution < 1.29 is 0 Å². The Labute approximate surface area is 188 Å². The van der Waals surface area contributed by atoms with Crippen LogP contribution in [0.4, 0.5) is 0 Å². The third kappa shape index (κ3) is 2.83. The van der Waals surface area contributed by atoms with Crippen LogP contribution in [0.3, 0.4) is 0 Å². The van der Waals surface area contributed by atoms with Crippen LogP contribution in [-0.2, 0) is 0 Å². The van der Waals surface area contributed by atoms with Gasteiger partial charge >= 0.3 is 5.69 Å². The van der Waals surface area contributed by atoms with Crippen molar-refractivity contribution in [3.63, 3.8) is 0 Å².